The summed E-state index contributed by atoms with van der Waals surface area (Å²) in [6.07, 6.45) is -22.3. The fourth-order valence-corrected chi connectivity index (χ4v) is 10.1. The van der Waals surface area contributed by atoms with Crippen LogP contribution in [0.3, 0.4) is 0 Å². The number of carbonyl (C=O) groups excluding carboxylic acids is 14. The van der Waals surface area contributed by atoms with E-state index in [2.05, 4.69) is 52.3 Å². The standard InChI is InChI=1S/C63H97F6N15O19/c1-13-31(10)40-54(94)82-41(32(11)85)53(93)75-25-39(86)80-42(45(87)48(70)88)55(95)79-38(26-101-59(99)62(64,65)66)58(98)102-47(33-18-15-14-16-19-33)44(83-52(92)37(24-29(6)7)77-50(90)35(73-12)22-27(2)3)57(97)84-43(46(30(8)9)103-60(100)63(67,68)69)56(96)78-36(23-28(4)5)51(91)76-34(49(89)81-40)20-17-21-74-61(71)72/h14-16,18-19,27-32,34-38,40-47,73,85,87H,13,17,20-26H2,1-12H3,(H2,70,88)(H,75,93)(H,76,91)(H,77,90)(H,78,96)(H,79,95)(H,80,86)(H,81,89)(H,82,94)(H,83,92)(H,84,97)(H4,71,72,74)/t31-,32-,34+,35+,36-,37-,38-,40-,41-,42-,43-,44-,45-,46+,47+/m0/s1. The third kappa shape index (κ3) is 29.8. The van der Waals surface area contributed by atoms with E-state index < -0.39 is 235 Å². The van der Waals surface area contributed by atoms with E-state index in [0.29, 0.717) is 0 Å². The number of halogens is 6. The maximum atomic E-state index is 15.7. The molecule has 1 fully saturated rings. The average Bonchev–Trinajstić information content (AvgIpc) is 0.814. The molecule has 0 radical (unpaired) electrons. The quantitative estimate of drug-likeness (QED) is 0.0110. The topological polar surface area (TPSA) is 530 Å². The molecule has 1 aliphatic heterocycles. The van der Waals surface area contributed by atoms with Gasteiger partial charge in [0.1, 0.15) is 61.0 Å². The second-order valence-corrected chi connectivity index (χ2v) is 26.1. The molecule has 580 valence electrons. The predicted octanol–water partition coefficient (Wildman–Crippen LogP) is -2.95. The number of nitrogens with zero attached hydrogens (tertiary/aromatic N) is 1. The van der Waals surface area contributed by atoms with Gasteiger partial charge in [0.25, 0.3) is 0 Å². The monoisotopic (exact) mass is 1480 g/mol. The van der Waals surface area contributed by atoms with Crippen molar-refractivity contribution in [3.05, 3.63) is 35.9 Å². The minimum atomic E-state index is -5.86. The van der Waals surface area contributed by atoms with E-state index in [4.69, 9.17) is 26.7 Å². The number of amides is 11. The molecule has 2 rings (SSSR count). The molecule has 19 N–H and O–H groups in total. The lowest BCUT2D eigenvalue weighted by molar-refractivity contribution is -0.208. The Balaban J connectivity index is 3.43. The summed E-state index contributed by atoms with van der Waals surface area (Å²) < 4.78 is 99.6. The highest BCUT2D eigenvalue weighted by Gasteiger charge is 2.49. The summed E-state index contributed by atoms with van der Waals surface area (Å²) in [7, 11) is 1.43. The predicted molar refractivity (Wildman–Crippen MR) is 351 cm³/mol. The Bertz CT molecular complexity index is 3140. The first kappa shape index (κ1) is 89.6. The Hall–Kier alpha value is -9.47. The molecule has 0 aliphatic carbocycles. The molecule has 0 saturated carbocycles. The van der Waals surface area contributed by atoms with E-state index in [1.165, 1.54) is 46.0 Å². The molecule has 15 atom stereocenters. The van der Waals surface area contributed by atoms with Crippen LogP contribution in [-0.2, 0) is 81.3 Å². The summed E-state index contributed by atoms with van der Waals surface area (Å²) in [6.45, 7) is 12.6. The highest BCUT2D eigenvalue weighted by molar-refractivity contribution is 6.00. The molecule has 1 aromatic carbocycles. The van der Waals surface area contributed by atoms with Crippen molar-refractivity contribution in [3.8, 4) is 0 Å². The second kappa shape index (κ2) is 41.6. The van der Waals surface area contributed by atoms with Crippen molar-refractivity contribution >= 4 is 88.8 Å². The van der Waals surface area contributed by atoms with Crippen molar-refractivity contribution in [1.29, 1.82) is 0 Å². The number of aliphatic hydroxyl groups excluding tert-OH is 2. The van der Waals surface area contributed by atoms with Gasteiger partial charge >= 0.3 is 30.3 Å². The Morgan fingerprint density at radius 3 is 1.67 bits per heavy atom. The van der Waals surface area contributed by atoms with Gasteiger partial charge in [-0.15, -0.1) is 0 Å². The van der Waals surface area contributed by atoms with Gasteiger partial charge in [-0.05, 0) is 81.2 Å². The van der Waals surface area contributed by atoms with Crippen LogP contribution in [0.5, 0.6) is 0 Å². The van der Waals surface area contributed by atoms with Crippen molar-refractivity contribution in [2.75, 3.05) is 26.7 Å². The molecule has 1 saturated heterocycles. The Morgan fingerprint density at radius 2 is 1.16 bits per heavy atom. The first-order chi connectivity index (χ1) is 47.7. The number of likely N-dealkylation sites (N-methyl/N-ethyl adjacent to an activating group) is 1. The van der Waals surface area contributed by atoms with Gasteiger partial charge in [0.05, 0.1) is 18.7 Å². The van der Waals surface area contributed by atoms with E-state index in [-0.39, 0.29) is 44.6 Å². The molecule has 40 heteroatoms. The maximum Gasteiger partial charge on any atom is 0.490 e. The largest absolute Gasteiger partial charge is 0.490 e. The van der Waals surface area contributed by atoms with Crippen LogP contribution in [0.4, 0.5) is 26.3 Å². The number of aliphatic hydroxyl groups is 2. The van der Waals surface area contributed by atoms with Crippen LogP contribution in [0.15, 0.2) is 35.3 Å². The van der Waals surface area contributed by atoms with Gasteiger partial charge in [-0.25, -0.2) is 14.4 Å². The lowest BCUT2D eigenvalue weighted by Crippen LogP contribution is -2.64. The summed E-state index contributed by atoms with van der Waals surface area (Å²) in [5.41, 5.74) is 15.9. The number of hydrogen-bond donors (Lipinski definition) is 16. The Morgan fingerprint density at radius 1 is 0.631 bits per heavy atom. The third-order valence-corrected chi connectivity index (χ3v) is 15.6. The lowest BCUT2D eigenvalue weighted by Gasteiger charge is -2.35. The number of alkyl halides is 6. The first-order valence-corrected chi connectivity index (χ1v) is 32.9. The molecule has 0 unspecified atom stereocenters. The van der Waals surface area contributed by atoms with Crippen molar-refractivity contribution in [3.63, 3.8) is 0 Å². The number of nitrogens with one attached hydrogen (secondary N) is 11. The molecular weight excluding hydrogens is 1380 g/mol. The summed E-state index contributed by atoms with van der Waals surface area (Å²) >= 11 is 0. The number of rotatable bonds is 26. The number of cyclic esters (lactones) is 1. The molecule has 0 aromatic heterocycles. The summed E-state index contributed by atoms with van der Waals surface area (Å²) in [6, 6.07) is -15.1. The van der Waals surface area contributed by atoms with Crippen LogP contribution in [-0.4, -0.2) is 217 Å². The normalized spacial score (nSPS) is 23.3. The highest BCUT2D eigenvalue weighted by Crippen LogP contribution is 2.27. The van der Waals surface area contributed by atoms with Crippen LogP contribution in [0, 0.1) is 29.6 Å². The molecule has 1 aromatic rings. The Labute approximate surface area is 589 Å². The number of esters is 3. The zero-order valence-electron chi connectivity index (χ0n) is 59.0. The van der Waals surface area contributed by atoms with Crippen molar-refractivity contribution < 1.29 is 118 Å². The minimum Gasteiger partial charge on any atom is -0.456 e. The van der Waals surface area contributed by atoms with Crippen LogP contribution in [0.2, 0.25) is 0 Å². The minimum absolute atomic E-state index is 0.0980. The highest BCUT2D eigenvalue weighted by atomic mass is 19.4. The SMILES string of the molecule is CC[C@H](C)[C@@H]1NC(=O)[C@@H](CCCN=C(N)N)NC(=O)[C@H](CC(C)C)NC(=O)[C@H]([C@H](OC(=O)C(F)(F)F)C(C)C)NC(=O)[C@@H](NC(=O)[C@H](CC(C)C)NC(=O)[C@@H](CC(C)C)NC)[C@@H](c2ccccc2)OC(=O)[C@H](COC(=O)C(F)(F)F)NC(=O)[C@H]([C@H](O)C(N)=O)NC(=O)CNC(=O)[C@H]([C@H](C)O)NC1=O. The Kier molecular flexibility index (Phi) is 36.2. The number of carbonyl (C=O) groups is 14. The van der Waals surface area contributed by atoms with Gasteiger partial charge < -0.3 is 100 Å². The van der Waals surface area contributed by atoms with Gasteiger partial charge in [-0.1, -0.05) is 106 Å². The second-order valence-electron chi connectivity index (χ2n) is 26.1. The van der Waals surface area contributed by atoms with E-state index in [1.54, 1.807) is 45.3 Å². The summed E-state index contributed by atoms with van der Waals surface area (Å²) in [4.78, 5) is 202. The van der Waals surface area contributed by atoms with Crippen molar-refractivity contribution in [2.24, 2.45) is 51.8 Å². The first-order valence-electron chi connectivity index (χ1n) is 32.9. The molecular formula is C63H97F6N15O19. The van der Waals surface area contributed by atoms with E-state index in [9.17, 15) is 89.3 Å². The van der Waals surface area contributed by atoms with E-state index >= 15 is 14.4 Å². The van der Waals surface area contributed by atoms with Crippen LogP contribution >= 0.6 is 0 Å². The number of ether oxygens (including phenoxy) is 3. The number of guanidine groups is 1. The van der Waals surface area contributed by atoms with Crippen LogP contribution < -0.4 is 75.7 Å². The molecule has 0 spiro atoms. The molecule has 103 heavy (non-hydrogen) atoms. The zero-order valence-corrected chi connectivity index (χ0v) is 59.0. The van der Waals surface area contributed by atoms with E-state index in [0.717, 1.165) is 32.9 Å². The van der Waals surface area contributed by atoms with Crippen molar-refractivity contribution in [1.82, 2.24) is 58.5 Å². The van der Waals surface area contributed by atoms with Gasteiger partial charge in [-0.2, -0.15) is 26.3 Å². The van der Waals surface area contributed by atoms with E-state index in [1.807, 2.05) is 5.32 Å². The fourth-order valence-electron chi connectivity index (χ4n) is 10.1. The average molecular weight is 1480 g/mol. The van der Waals surface area contributed by atoms with Gasteiger partial charge in [-0.3, -0.25) is 57.7 Å². The van der Waals surface area contributed by atoms with Crippen molar-refractivity contribution in [2.45, 2.75) is 212 Å². The number of nitrogens with two attached hydrogens (primary N) is 3. The maximum absolute atomic E-state index is 15.7. The number of benzene rings is 1. The smallest absolute Gasteiger partial charge is 0.456 e. The molecule has 1 heterocycles. The van der Waals surface area contributed by atoms with Gasteiger partial charge in [0, 0.05) is 6.54 Å². The molecule has 0 bridgehead atoms. The van der Waals surface area contributed by atoms with Gasteiger partial charge in [0.15, 0.2) is 24.2 Å². The third-order valence-electron chi connectivity index (χ3n) is 15.6. The number of aliphatic imine (C=N–C) groups is 1. The molecule has 1 aliphatic rings. The van der Waals surface area contributed by atoms with Crippen LogP contribution in [0.25, 0.3) is 0 Å². The molecule has 34 nitrogen and oxygen atoms in total. The van der Waals surface area contributed by atoms with Crippen LogP contribution in [0.1, 0.15) is 126 Å². The lowest BCUT2D eigenvalue weighted by atomic mass is 9.95. The summed E-state index contributed by atoms with van der Waals surface area (Å²) in [5, 5.41) is 46.7. The summed E-state index contributed by atoms with van der Waals surface area (Å²) in [5.74, 6) is -27.9. The molecule has 11 amide bonds. The van der Waals surface area contributed by atoms with Gasteiger partial charge in [0.2, 0.25) is 65.0 Å². The fraction of sp³-hybridized carbons (Fsp3) is 0.667. The number of primary amides is 1. The zero-order chi connectivity index (χ0) is 78.7. The number of hydrogen-bond acceptors (Lipinski definition) is 21.